The monoisotopic (exact) mass is 305 g/mol. The third-order valence-corrected chi connectivity index (χ3v) is 3.59. The average molecular weight is 305 g/mol. The molecular formula is C14H19N5O3. The number of hydrogen-bond acceptors (Lipinski definition) is 3. The molecule has 0 atom stereocenters. The maximum absolute atomic E-state index is 12.1. The summed E-state index contributed by atoms with van der Waals surface area (Å²) in [6.45, 7) is 0. The number of hydrazone groups is 1. The Bertz CT molecular complexity index is 564. The lowest BCUT2D eigenvalue weighted by molar-refractivity contribution is -0.485. The molecule has 8 nitrogen and oxygen atoms in total. The molecule has 1 fully saturated rings. The molecule has 0 saturated heterocycles. The summed E-state index contributed by atoms with van der Waals surface area (Å²) >= 11 is 0. The minimum atomic E-state index is -0.874. The van der Waals surface area contributed by atoms with Crippen LogP contribution in [0, 0.1) is 16.0 Å². The number of nitrogens with two attached hydrogens (primary N) is 1. The number of guanidine groups is 1. The topological polar surface area (TPSA) is 123 Å². The second-order valence-electron chi connectivity index (χ2n) is 5.25. The number of nitro groups is 1. The van der Waals surface area contributed by atoms with Gasteiger partial charge in [0.25, 0.3) is 5.96 Å². The lowest BCUT2D eigenvalue weighted by Crippen LogP contribution is -2.25. The Kier molecular flexibility index (Phi) is 5.29. The zero-order chi connectivity index (χ0) is 15.9. The summed E-state index contributed by atoms with van der Waals surface area (Å²) in [6.07, 6.45) is 5.31. The molecule has 0 bridgehead atoms. The Morgan fingerprint density at radius 1 is 1.14 bits per heavy atom. The van der Waals surface area contributed by atoms with Gasteiger partial charge in [-0.1, -0.05) is 19.3 Å². The molecule has 8 heteroatoms. The first-order chi connectivity index (χ1) is 10.5. The van der Waals surface area contributed by atoms with Crippen molar-refractivity contribution in [2.75, 3.05) is 10.6 Å². The number of carbonyl (C=O) groups is 1. The van der Waals surface area contributed by atoms with E-state index in [1.165, 1.54) is 6.42 Å². The zero-order valence-electron chi connectivity index (χ0n) is 12.1. The normalized spacial score (nSPS) is 16.1. The second kappa shape index (κ2) is 7.39. The fourth-order valence-corrected chi connectivity index (χ4v) is 2.51. The molecule has 118 valence electrons. The summed E-state index contributed by atoms with van der Waals surface area (Å²) in [6, 6.07) is 6.75. The highest BCUT2D eigenvalue weighted by Crippen LogP contribution is 2.25. The van der Waals surface area contributed by atoms with E-state index < -0.39 is 5.03 Å². The molecule has 0 aliphatic heterocycles. The summed E-state index contributed by atoms with van der Waals surface area (Å²) in [7, 11) is 0. The number of carbonyl (C=O) groups excluding carboxylic acids is 1. The van der Waals surface area contributed by atoms with E-state index in [2.05, 4.69) is 15.7 Å². The molecular weight excluding hydrogens is 286 g/mol. The number of rotatable bonds is 4. The van der Waals surface area contributed by atoms with Crippen LogP contribution < -0.4 is 16.4 Å². The van der Waals surface area contributed by atoms with Crippen molar-refractivity contribution in [3.05, 3.63) is 34.4 Å². The quantitative estimate of drug-likeness (QED) is 0.340. The third-order valence-electron chi connectivity index (χ3n) is 3.59. The van der Waals surface area contributed by atoms with Gasteiger partial charge in [-0.05, 0) is 37.1 Å². The Balaban J connectivity index is 1.91. The highest BCUT2D eigenvalue weighted by molar-refractivity contribution is 5.94. The van der Waals surface area contributed by atoms with Crippen molar-refractivity contribution in [2.45, 2.75) is 32.1 Å². The molecule has 0 radical (unpaired) electrons. The van der Waals surface area contributed by atoms with E-state index in [-0.39, 0.29) is 17.8 Å². The molecule has 0 aromatic heterocycles. The summed E-state index contributed by atoms with van der Waals surface area (Å²) < 4.78 is 0. The molecule has 1 amide bonds. The minimum Gasteiger partial charge on any atom is -0.364 e. The smallest absolute Gasteiger partial charge is 0.270 e. The van der Waals surface area contributed by atoms with Gasteiger partial charge in [0.05, 0.1) is 0 Å². The Hall–Kier alpha value is -2.64. The van der Waals surface area contributed by atoms with Crippen LogP contribution >= 0.6 is 0 Å². The van der Waals surface area contributed by atoms with Crippen molar-refractivity contribution < 1.29 is 9.83 Å². The third kappa shape index (κ3) is 4.72. The van der Waals surface area contributed by atoms with Crippen LogP contribution in [0.5, 0.6) is 0 Å². The molecule has 4 N–H and O–H groups in total. The SMILES string of the molecule is N/C(=N/[N+](=O)[O-])Nc1ccc(NC(=O)C2CCCCC2)cc1. The molecule has 0 heterocycles. The lowest BCUT2D eigenvalue weighted by atomic mass is 9.88. The highest BCUT2D eigenvalue weighted by Gasteiger charge is 2.20. The lowest BCUT2D eigenvalue weighted by Gasteiger charge is -2.20. The first-order valence-electron chi connectivity index (χ1n) is 7.21. The van der Waals surface area contributed by atoms with E-state index in [1.807, 2.05) is 0 Å². The van der Waals surface area contributed by atoms with Crippen LogP contribution in [0.25, 0.3) is 0 Å². The first-order valence-corrected chi connectivity index (χ1v) is 7.21. The van der Waals surface area contributed by atoms with E-state index in [1.54, 1.807) is 24.3 Å². The van der Waals surface area contributed by atoms with Crippen LogP contribution in [0.3, 0.4) is 0 Å². The van der Waals surface area contributed by atoms with E-state index in [0.717, 1.165) is 25.7 Å². The molecule has 1 saturated carbocycles. The number of hydrogen-bond donors (Lipinski definition) is 3. The molecule has 1 aromatic rings. The predicted molar refractivity (Wildman–Crippen MR) is 83.9 cm³/mol. The minimum absolute atomic E-state index is 0.0508. The van der Waals surface area contributed by atoms with E-state index in [4.69, 9.17) is 5.73 Å². The van der Waals surface area contributed by atoms with E-state index in [9.17, 15) is 14.9 Å². The van der Waals surface area contributed by atoms with Gasteiger partial charge in [0.1, 0.15) is 5.10 Å². The van der Waals surface area contributed by atoms with Crippen LogP contribution in [0.15, 0.2) is 29.4 Å². The molecule has 1 aliphatic rings. The fraction of sp³-hybridized carbons (Fsp3) is 0.429. The van der Waals surface area contributed by atoms with Gasteiger partial charge >= 0.3 is 0 Å². The van der Waals surface area contributed by atoms with Gasteiger partial charge in [0.15, 0.2) is 5.03 Å². The van der Waals surface area contributed by atoms with Gasteiger partial charge in [-0.25, -0.2) is 10.1 Å². The molecule has 1 aromatic carbocycles. The van der Waals surface area contributed by atoms with Crippen molar-refractivity contribution in [1.29, 1.82) is 0 Å². The molecule has 0 unspecified atom stereocenters. The van der Waals surface area contributed by atoms with E-state index >= 15 is 0 Å². The largest absolute Gasteiger partial charge is 0.364 e. The fourth-order valence-electron chi connectivity index (χ4n) is 2.51. The van der Waals surface area contributed by atoms with Gasteiger partial charge in [-0.3, -0.25) is 4.79 Å². The van der Waals surface area contributed by atoms with Gasteiger partial charge in [-0.15, -0.1) is 0 Å². The van der Waals surface area contributed by atoms with Gasteiger partial charge in [0, 0.05) is 17.3 Å². The zero-order valence-corrected chi connectivity index (χ0v) is 12.1. The van der Waals surface area contributed by atoms with Crippen LogP contribution in [-0.2, 0) is 4.79 Å². The van der Waals surface area contributed by atoms with Crippen molar-refractivity contribution in [3.8, 4) is 0 Å². The number of anilines is 2. The van der Waals surface area contributed by atoms with Gasteiger partial charge < -0.3 is 16.4 Å². The van der Waals surface area contributed by atoms with Gasteiger partial charge in [0.2, 0.25) is 5.91 Å². The molecule has 22 heavy (non-hydrogen) atoms. The van der Waals surface area contributed by atoms with Crippen molar-refractivity contribution >= 4 is 23.2 Å². The molecule has 1 aliphatic carbocycles. The molecule has 0 spiro atoms. The number of benzene rings is 1. The highest BCUT2D eigenvalue weighted by atomic mass is 16.7. The summed E-state index contributed by atoms with van der Waals surface area (Å²) in [4.78, 5) is 22.3. The van der Waals surface area contributed by atoms with Gasteiger partial charge in [-0.2, -0.15) is 0 Å². The predicted octanol–water partition coefficient (Wildman–Crippen LogP) is 2.12. The summed E-state index contributed by atoms with van der Waals surface area (Å²) in [5, 5.41) is 17.7. The summed E-state index contributed by atoms with van der Waals surface area (Å²) in [5.74, 6) is -0.159. The van der Waals surface area contributed by atoms with Crippen molar-refractivity contribution in [1.82, 2.24) is 0 Å². The maximum Gasteiger partial charge on any atom is 0.270 e. The number of amides is 1. The molecule has 2 rings (SSSR count). The van der Waals surface area contributed by atoms with Crippen molar-refractivity contribution in [2.24, 2.45) is 16.8 Å². The Labute approximate surface area is 127 Å². The maximum atomic E-state index is 12.1. The van der Waals surface area contributed by atoms with Crippen LogP contribution in [-0.4, -0.2) is 16.9 Å². The van der Waals surface area contributed by atoms with Crippen LogP contribution in [0.2, 0.25) is 0 Å². The van der Waals surface area contributed by atoms with Crippen LogP contribution in [0.4, 0.5) is 11.4 Å². The average Bonchev–Trinajstić information content (AvgIpc) is 2.49. The van der Waals surface area contributed by atoms with E-state index in [0.29, 0.717) is 11.4 Å². The number of nitrogens with zero attached hydrogens (tertiary/aromatic N) is 2. The standard InChI is InChI=1S/C14H19N5O3/c15-14(18-19(21)22)17-12-8-6-11(7-9-12)16-13(20)10-4-2-1-3-5-10/h6-10H,1-5H2,(H,16,20)(H3,15,17,18). The second-order valence-corrected chi connectivity index (χ2v) is 5.25. The first kappa shape index (κ1) is 15.7. The Morgan fingerprint density at radius 3 is 2.23 bits per heavy atom. The summed E-state index contributed by atoms with van der Waals surface area (Å²) in [5.41, 5.74) is 6.59. The van der Waals surface area contributed by atoms with Crippen molar-refractivity contribution in [3.63, 3.8) is 0 Å². The Morgan fingerprint density at radius 2 is 1.68 bits per heavy atom. The van der Waals surface area contributed by atoms with Crippen LogP contribution in [0.1, 0.15) is 32.1 Å². The number of nitrogens with one attached hydrogen (secondary N) is 2.